The Morgan fingerprint density at radius 1 is 1.32 bits per heavy atom. The molecule has 120 valence electrons. The van der Waals surface area contributed by atoms with Crippen LogP contribution in [0.3, 0.4) is 0 Å². The first kappa shape index (κ1) is 14.7. The van der Waals surface area contributed by atoms with Crippen LogP contribution in [0.25, 0.3) is 0 Å². The van der Waals surface area contributed by atoms with Gasteiger partial charge in [0.1, 0.15) is 0 Å². The van der Waals surface area contributed by atoms with Crippen LogP contribution < -0.4 is 0 Å². The highest BCUT2D eigenvalue weighted by Crippen LogP contribution is 2.35. The van der Waals surface area contributed by atoms with Crippen molar-refractivity contribution < 1.29 is 14.3 Å². The molecule has 4 nitrogen and oxygen atoms in total. The number of ether oxygens (including phenoxy) is 2. The maximum absolute atomic E-state index is 12.9. The van der Waals surface area contributed by atoms with E-state index >= 15 is 0 Å². The second kappa shape index (κ2) is 5.62. The van der Waals surface area contributed by atoms with Crippen molar-refractivity contribution in [1.29, 1.82) is 0 Å². The summed E-state index contributed by atoms with van der Waals surface area (Å²) in [6.45, 7) is 5.14. The first-order valence-corrected chi connectivity index (χ1v) is 9.21. The van der Waals surface area contributed by atoms with Crippen LogP contribution in [-0.4, -0.2) is 42.9 Å². The number of thiophene rings is 1. The minimum atomic E-state index is -0.402. The van der Waals surface area contributed by atoms with Gasteiger partial charge < -0.3 is 14.4 Å². The Balaban J connectivity index is 1.47. The van der Waals surface area contributed by atoms with Crippen LogP contribution in [-0.2, 0) is 22.3 Å². The topological polar surface area (TPSA) is 38.8 Å². The molecule has 0 aromatic carbocycles. The highest BCUT2D eigenvalue weighted by atomic mass is 32.1. The first-order valence-electron chi connectivity index (χ1n) is 8.33. The molecule has 1 aromatic heterocycles. The number of piperidine rings is 1. The summed E-state index contributed by atoms with van der Waals surface area (Å²) in [4.78, 5) is 16.3. The van der Waals surface area contributed by atoms with E-state index in [0.717, 1.165) is 50.3 Å². The van der Waals surface area contributed by atoms with Crippen LogP contribution in [0.1, 0.15) is 47.0 Å². The summed E-state index contributed by atoms with van der Waals surface area (Å²) >= 11 is 1.77. The summed E-state index contributed by atoms with van der Waals surface area (Å²) in [5, 5.41) is 2.08. The van der Waals surface area contributed by atoms with Crippen molar-refractivity contribution in [3.05, 3.63) is 21.4 Å². The SMILES string of the molecule is CC1CCc2c(C(=O)N3CCC4(CC3)OCCO4)csc2C1. The Morgan fingerprint density at radius 2 is 2.05 bits per heavy atom. The van der Waals surface area contributed by atoms with Gasteiger partial charge in [-0.05, 0) is 30.7 Å². The molecule has 1 atom stereocenters. The third-order valence-corrected chi connectivity index (χ3v) is 6.31. The number of likely N-dealkylation sites (tertiary alicyclic amines) is 1. The Labute approximate surface area is 135 Å². The second-order valence-electron chi connectivity index (χ2n) is 6.80. The number of amides is 1. The highest BCUT2D eigenvalue weighted by molar-refractivity contribution is 7.10. The van der Waals surface area contributed by atoms with E-state index in [1.165, 1.54) is 16.9 Å². The molecule has 2 fully saturated rings. The Bertz CT molecular complexity index is 566. The molecule has 22 heavy (non-hydrogen) atoms. The Hall–Kier alpha value is -0.910. The molecular weight excluding hydrogens is 298 g/mol. The summed E-state index contributed by atoms with van der Waals surface area (Å²) in [7, 11) is 0. The lowest BCUT2D eigenvalue weighted by atomic mass is 9.88. The van der Waals surface area contributed by atoms with Crippen molar-refractivity contribution in [3.63, 3.8) is 0 Å². The Kier molecular flexibility index (Phi) is 3.75. The van der Waals surface area contributed by atoms with Gasteiger partial charge in [0.2, 0.25) is 0 Å². The molecule has 1 unspecified atom stereocenters. The fourth-order valence-electron chi connectivity index (χ4n) is 3.86. The predicted molar refractivity (Wildman–Crippen MR) is 85.3 cm³/mol. The van der Waals surface area contributed by atoms with Crippen molar-refractivity contribution in [2.45, 2.75) is 44.8 Å². The van der Waals surface area contributed by atoms with Gasteiger partial charge in [-0.15, -0.1) is 11.3 Å². The molecule has 3 aliphatic rings. The van der Waals surface area contributed by atoms with Gasteiger partial charge in [0.05, 0.1) is 18.8 Å². The molecule has 1 aromatic rings. The van der Waals surface area contributed by atoms with Crippen molar-refractivity contribution in [3.8, 4) is 0 Å². The third-order valence-electron chi connectivity index (χ3n) is 5.26. The van der Waals surface area contributed by atoms with Crippen LogP contribution in [0, 0.1) is 5.92 Å². The zero-order chi connectivity index (χ0) is 15.2. The molecule has 3 heterocycles. The van der Waals surface area contributed by atoms with E-state index in [1.807, 2.05) is 4.90 Å². The van der Waals surface area contributed by atoms with E-state index in [-0.39, 0.29) is 5.91 Å². The monoisotopic (exact) mass is 321 g/mol. The van der Waals surface area contributed by atoms with Crippen molar-refractivity contribution in [2.75, 3.05) is 26.3 Å². The molecule has 1 aliphatic carbocycles. The second-order valence-corrected chi connectivity index (χ2v) is 7.76. The molecule has 0 N–H and O–H groups in total. The van der Waals surface area contributed by atoms with E-state index in [4.69, 9.17) is 9.47 Å². The van der Waals surface area contributed by atoms with Crippen LogP contribution in [0.5, 0.6) is 0 Å². The van der Waals surface area contributed by atoms with Gasteiger partial charge in [0.15, 0.2) is 5.79 Å². The molecule has 1 amide bonds. The van der Waals surface area contributed by atoms with Gasteiger partial charge >= 0.3 is 0 Å². The molecule has 1 spiro atoms. The normalized spacial score (nSPS) is 27.1. The molecule has 0 bridgehead atoms. The number of hydrogen-bond acceptors (Lipinski definition) is 4. The smallest absolute Gasteiger partial charge is 0.254 e. The average Bonchev–Trinajstić information content (AvgIpc) is 3.14. The predicted octanol–water partition coefficient (Wildman–Crippen LogP) is 2.85. The minimum absolute atomic E-state index is 0.208. The summed E-state index contributed by atoms with van der Waals surface area (Å²) in [6, 6.07) is 0. The number of carbonyl (C=O) groups excluding carboxylic acids is 1. The van der Waals surface area contributed by atoms with Crippen molar-refractivity contribution >= 4 is 17.2 Å². The fourth-order valence-corrected chi connectivity index (χ4v) is 5.10. The summed E-state index contributed by atoms with van der Waals surface area (Å²) < 4.78 is 11.5. The van der Waals surface area contributed by atoms with Gasteiger partial charge in [-0.1, -0.05) is 6.92 Å². The van der Waals surface area contributed by atoms with Crippen LogP contribution >= 0.6 is 11.3 Å². The minimum Gasteiger partial charge on any atom is -0.347 e. The zero-order valence-corrected chi connectivity index (χ0v) is 13.9. The third kappa shape index (κ3) is 2.49. The number of rotatable bonds is 1. The quantitative estimate of drug-likeness (QED) is 0.798. The molecule has 4 rings (SSSR count). The van der Waals surface area contributed by atoms with Gasteiger partial charge in [-0.25, -0.2) is 0 Å². The summed E-state index contributed by atoms with van der Waals surface area (Å²) in [5.41, 5.74) is 2.28. The van der Waals surface area contributed by atoms with Gasteiger partial charge in [-0.3, -0.25) is 4.79 Å². The summed E-state index contributed by atoms with van der Waals surface area (Å²) in [6.07, 6.45) is 4.99. The lowest BCUT2D eigenvalue weighted by Crippen LogP contribution is -2.47. The van der Waals surface area contributed by atoms with Gasteiger partial charge in [0.25, 0.3) is 5.91 Å². The standard InChI is InChI=1S/C17H23NO3S/c1-12-2-3-13-14(11-22-15(13)10-12)16(19)18-6-4-17(5-7-18)20-8-9-21-17/h11-12H,2-10H2,1H3. The molecule has 0 saturated carbocycles. The van der Waals surface area contributed by atoms with Crippen LogP contribution in [0.15, 0.2) is 5.38 Å². The van der Waals surface area contributed by atoms with Crippen molar-refractivity contribution in [2.24, 2.45) is 5.92 Å². The average molecular weight is 321 g/mol. The number of fused-ring (bicyclic) bond motifs is 1. The van der Waals surface area contributed by atoms with Gasteiger partial charge in [-0.2, -0.15) is 0 Å². The molecule has 2 aliphatic heterocycles. The zero-order valence-electron chi connectivity index (χ0n) is 13.1. The molecule has 0 radical (unpaired) electrons. The van der Waals surface area contributed by atoms with E-state index in [0.29, 0.717) is 13.2 Å². The molecular formula is C17H23NO3S. The summed E-state index contributed by atoms with van der Waals surface area (Å²) in [5.74, 6) is 0.556. The Morgan fingerprint density at radius 3 is 2.77 bits per heavy atom. The van der Waals surface area contributed by atoms with E-state index in [9.17, 15) is 4.79 Å². The lowest BCUT2D eigenvalue weighted by Gasteiger charge is -2.37. The fraction of sp³-hybridized carbons (Fsp3) is 0.706. The first-order chi connectivity index (χ1) is 10.7. The lowest BCUT2D eigenvalue weighted by molar-refractivity contribution is -0.181. The maximum atomic E-state index is 12.9. The van der Waals surface area contributed by atoms with Gasteiger partial charge in [0, 0.05) is 36.2 Å². The number of nitrogens with zero attached hydrogens (tertiary/aromatic N) is 1. The number of carbonyl (C=O) groups is 1. The van der Waals surface area contributed by atoms with E-state index in [1.54, 1.807) is 11.3 Å². The highest BCUT2D eigenvalue weighted by Gasteiger charge is 2.41. The van der Waals surface area contributed by atoms with Crippen molar-refractivity contribution in [1.82, 2.24) is 4.90 Å². The van der Waals surface area contributed by atoms with Crippen LogP contribution in [0.2, 0.25) is 0 Å². The maximum Gasteiger partial charge on any atom is 0.254 e. The molecule has 5 heteroatoms. The largest absolute Gasteiger partial charge is 0.347 e. The van der Waals surface area contributed by atoms with Crippen LogP contribution in [0.4, 0.5) is 0 Å². The van der Waals surface area contributed by atoms with E-state index in [2.05, 4.69) is 12.3 Å². The number of hydrogen-bond donors (Lipinski definition) is 0. The van der Waals surface area contributed by atoms with E-state index < -0.39 is 5.79 Å². The molecule has 2 saturated heterocycles.